The lowest BCUT2D eigenvalue weighted by molar-refractivity contribution is 0.262. The second-order valence-corrected chi connectivity index (χ2v) is 10.7. The molecule has 4 aromatic rings. The van der Waals surface area contributed by atoms with Crippen LogP contribution in [-0.2, 0) is 13.0 Å². The standard InChI is InChI=1S/C33H39N7O2/c1-39(2)18-7-19-42-28-14-15-29-31(20-28)36-22-26(21-34)32(29)35-17-16-24-10-12-27(13-11-24)37-33(41)38-30-9-6-5-8-25(30)23-40(3)4/h5-6,8-15,20,22H,7,16-19,23H2,1-4H3,(H,35,36)(H2,37,38,41). The first-order valence-corrected chi connectivity index (χ1v) is 14.1. The maximum absolute atomic E-state index is 12.6. The second kappa shape index (κ2) is 14.8. The number of hydrogen-bond acceptors (Lipinski definition) is 7. The fourth-order valence-corrected chi connectivity index (χ4v) is 4.60. The van der Waals surface area contributed by atoms with Crippen LogP contribution in [0.4, 0.5) is 21.9 Å². The van der Waals surface area contributed by atoms with Gasteiger partial charge in [0, 0.05) is 48.7 Å². The predicted molar refractivity (Wildman–Crippen MR) is 170 cm³/mol. The van der Waals surface area contributed by atoms with E-state index in [2.05, 4.69) is 36.8 Å². The lowest BCUT2D eigenvalue weighted by atomic mass is 10.1. The van der Waals surface area contributed by atoms with E-state index >= 15 is 0 Å². The highest BCUT2D eigenvalue weighted by atomic mass is 16.5. The third-order valence-corrected chi connectivity index (χ3v) is 6.66. The summed E-state index contributed by atoms with van der Waals surface area (Å²) in [6.07, 6.45) is 3.28. The zero-order valence-electron chi connectivity index (χ0n) is 24.8. The van der Waals surface area contributed by atoms with E-state index in [9.17, 15) is 10.1 Å². The first-order chi connectivity index (χ1) is 20.3. The highest BCUT2D eigenvalue weighted by molar-refractivity contribution is 6.00. The first kappa shape index (κ1) is 30.3. The molecule has 0 unspecified atom stereocenters. The van der Waals surface area contributed by atoms with Gasteiger partial charge in [0.2, 0.25) is 0 Å². The van der Waals surface area contributed by atoms with Gasteiger partial charge in [0.1, 0.15) is 11.8 Å². The molecule has 0 atom stereocenters. The molecule has 0 saturated heterocycles. The Morgan fingerprint density at radius 3 is 2.50 bits per heavy atom. The van der Waals surface area contributed by atoms with Crippen LogP contribution in [0, 0.1) is 11.3 Å². The Morgan fingerprint density at radius 2 is 1.76 bits per heavy atom. The summed E-state index contributed by atoms with van der Waals surface area (Å²) in [6.45, 7) is 2.96. The van der Waals surface area contributed by atoms with E-state index < -0.39 is 0 Å². The molecule has 3 N–H and O–H groups in total. The Morgan fingerprint density at radius 1 is 0.976 bits per heavy atom. The summed E-state index contributed by atoms with van der Waals surface area (Å²) in [4.78, 5) is 21.3. The van der Waals surface area contributed by atoms with Crippen molar-refractivity contribution in [3.8, 4) is 11.8 Å². The molecular formula is C33H39N7O2. The van der Waals surface area contributed by atoms with Crippen molar-refractivity contribution in [2.45, 2.75) is 19.4 Å². The predicted octanol–water partition coefficient (Wildman–Crippen LogP) is 5.80. The molecule has 0 aliphatic rings. The zero-order valence-corrected chi connectivity index (χ0v) is 24.8. The number of ether oxygens (including phenoxy) is 1. The zero-order chi connectivity index (χ0) is 29.9. The Hall–Kier alpha value is -4.65. The molecule has 0 aliphatic heterocycles. The highest BCUT2D eigenvalue weighted by Gasteiger charge is 2.11. The molecular weight excluding hydrogens is 526 g/mol. The van der Waals surface area contributed by atoms with Crippen molar-refractivity contribution in [3.05, 3.63) is 89.6 Å². The summed E-state index contributed by atoms with van der Waals surface area (Å²) < 4.78 is 5.90. The van der Waals surface area contributed by atoms with Crippen molar-refractivity contribution in [2.24, 2.45) is 0 Å². The molecule has 0 radical (unpaired) electrons. The van der Waals surface area contributed by atoms with E-state index in [1.807, 2.05) is 94.9 Å². The fourth-order valence-electron chi connectivity index (χ4n) is 4.60. The van der Waals surface area contributed by atoms with E-state index in [1.165, 1.54) is 0 Å². The molecule has 1 aromatic heterocycles. The number of amides is 2. The average Bonchev–Trinajstić information content (AvgIpc) is 2.97. The Labute approximate surface area is 248 Å². The molecule has 2 amide bonds. The van der Waals surface area contributed by atoms with Gasteiger partial charge in [-0.05, 0) is 82.5 Å². The smallest absolute Gasteiger partial charge is 0.323 e. The molecule has 0 fully saturated rings. The van der Waals surface area contributed by atoms with Gasteiger partial charge in [-0.2, -0.15) is 5.26 Å². The molecule has 9 heteroatoms. The molecule has 0 saturated carbocycles. The van der Waals surface area contributed by atoms with E-state index in [0.29, 0.717) is 24.4 Å². The number of carbonyl (C=O) groups is 1. The molecule has 0 aliphatic carbocycles. The third kappa shape index (κ3) is 8.67. The number of nitrogens with zero attached hydrogens (tertiary/aromatic N) is 4. The first-order valence-electron chi connectivity index (χ1n) is 14.1. The van der Waals surface area contributed by atoms with Crippen molar-refractivity contribution >= 4 is 34.0 Å². The molecule has 9 nitrogen and oxygen atoms in total. The minimum atomic E-state index is -0.286. The molecule has 42 heavy (non-hydrogen) atoms. The van der Waals surface area contributed by atoms with Crippen LogP contribution in [0.5, 0.6) is 5.75 Å². The van der Waals surface area contributed by atoms with Crippen LogP contribution < -0.4 is 20.7 Å². The van der Waals surface area contributed by atoms with E-state index in [4.69, 9.17) is 4.74 Å². The molecule has 218 valence electrons. The quantitative estimate of drug-likeness (QED) is 0.176. The largest absolute Gasteiger partial charge is 0.493 e. The van der Waals surface area contributed by atoms with Gasteiger partial charge < -0.3 is 30.5 Å². The van der Waals surface area contributed by atoms with E-state index in [1.54, 1.807) is 6.20 Å². The van der Waals surface area contributed by atoms with Gasteiger partial charge in [-0.25, -0.2) is 4.79 Å². The number of rotatable bonds is 13. The van der Waals surface area contributed by atoms with Gasteiger partial charge in [0.15, 0.2) is 0 Å². The average molecular weight is 566 g/mol. The number of benzene rings is 3. The molecule has 1 heterocycles. The van der Waals surface area contributed by atoms with Crippen LogP contribution in [0.15, 0.2) is 72.9 Å². The number of nitrogens with one attached hydrogen (secondary N) is 3. The highest BCUT2D eigenvalue weighted by Crippen LogP contribution is 2.29. The Balaban J connectivity index is 1.33. The van der Waals surface area contributed by atoms with E-state index in [-0.39, 0.29) is 6.03 Å². The number of fused-ring (bicyclic) bond motifs is 1. The lowest BCUT2D eigenvalue weighted by Crippen LogP contribution is -2.21. The number of aromatic nitrogens is 1. The van der Waals surface area contributed by atoms with E-state index in [0.717, 1.165) is 65.1 Å². The van der Waals surface area contributed by atoms with Gasteiger partial charge in [0.25, 0.3) is 0 Å². The maximum Gasteiger partial charge on any atom is 0.323 e. The topological polar surface area (TPSA) is 106 Å². The van der Waals surface area contributed by atoms with Crippen molar-refractivity contribution in [2.75, 3.05) is 63.8 Å². The Bertz CT molecular complexity index is 1530. The summed E-state index contributed by atoms with van der Waals surface area (Å²) in [5, 5.41) is 19.9. The maximum atomic E-state index is 12.6. The number of urea groups is 1. The van der Waals surface area contributed by atoms with Crippen molar-refractivity contribution in [1.29, 1.82) is 5.26 Å². The summed E-state index contributed by atoms with van der Waals surface area (Å²) in [6, 6.07) is 23.3. The van der Waals surface area contributed by atoms with Crippen LogP contribution in [0.2, 0.25) is 0 Å². The number of hydrogen-bond donors (Lipinski definition) is 3. The summed E-state index contributed by atoms with van der Waals surface area (Å²) in [5.74, 6) is 0.768. The number of anilines is 3. The van der Waals surface area contributed by atoms with Crippen LogP contribution in [0.1, 0.15) is 23.1 Å². The molecule has 4 rings (SSSR count). The molecule has 0 spiro atoms. The van der Waals surface area contributed by atoms with Crippen LogP contribution in [0.3, 0.4) is 0 Å². The number of pyridine rings is 1. The SMILES string of the molecule is CN(C)CCCOc1ccc2c(NCCc3ccc(NC(=O)Nc4ccccc4CN(C)C)cc3)c(C#N)cnc2c1. The number of para-hydroxylation sites is 1. The van der Waals surface area contributed by atoms with Crippen molar-refractivity contribution < 1.29 is 9.53 Å². The monoisotopic (exact) mass is 565 g/mol. The van der Waals surface area contributed by atoms with Gasteiger partial charge in [-0.15, -0.1) is 0 Å². The molecule has 0 bridgehead atoms. The normalized spacial score (nSPS) is 11.0. The lowest BCUT2D eigenvalue weighted by Gasteiger charge is -2.15. The van der Waals surface area contributed by atoms with Crippen LogP contribution >= 0.6 is 0 Å². The number of nitriles is 1. The Kier molecular flexibility index (Phi) is 10.7. The van der Waals surface area contributed by atoms with Gasteiger partial charge in [-0.1, -0.05) is 30.3 Å². The fraction of sp³-hybridized carbons (Fsp3) is 0.303. The minimum Gasteiger partial charge on any atom is -0.493 e. The third-order valence-electron chi connectivity index (χ3n) is 6.66. The summed E-state index contributed by atoms with van der Waals surface area (Å²) >= 11 is 0. The van der Waals surface area contributed by atoms with Crippen molar-refractivity contribution in [3.63, 3.8) is 0 Å². The minimum absolute atomic E-state index is 0.286. The van der Waals surface area contributed by atoms with Gasteiger partial charge in [-0.3, -0.25) is 4.98 Å². The summed E-state index contributed by atoms with van der Waals surface area (Å²) in [7, 11) is 8.08. The second-order valence-electron chi connectivity index (χ2n) is 10.7. The van der Waals surface area contributed by atoms with Gasteiger partial charge >= 0.3 is 6.03 Å². The number of carbonyl (C=O) groups excluding carboxylic acids is 1. The van der Waals surface area contributed by atoms with Crippen LogP contribution in [-0.4, -0.2) is 68.7 Å². The summed E-state index contributed by atoms with van der Waals surface area (Å²) in [5.41, 5.74) is 5.70. The molecule has 3 aromatic carbocycles. The van der Waals surface area contributed by atoms with Crippen LogP contribution in [0.25, 0.3) is 10.9 Å². The van der Waals surface area contributed by atoms with Crippen molar-refractivity contribution in [1.82, 2.24) is 14.8 Å². The van der Waals surface area contributed by atoms with Gasteiger partial charge in [0.05, 0.1) is 23.4 Å².